The zero-order valence-corrected chi connectivity index (χ0v) is 21.2. The number of rotatable bonds is 6. The third kappa shape index (κ3) is 4.86. The number of ether oxygens (including phenoxy) is 1. The summed E-state index contributed by atoms with van der Waals surface area (Å²) >= 11 is 0. The van der Waals surface area contributed by atoms with Crippen molar-refractivity contribution in [2.75, 3.05) is 0 Å². The third-order valence-electron chi connectivity index (χ3n) is 7.02. The molecule has 0 radical (unpaired) electrons. The van der Waals surface area contributed by atoms with Crippen LogP contribution in [-0.4, -0.2) is 9.78 Å². The number of nitrogens with zero attached hydrogens (tertiary/aromatic N) is 2. The molecule has 0 saturated heterocycles. The Kier molecular flexibility index (Phi) is 6.31. The lowest BCUT2D eigenvalue weighted by molar-refractivity contribution is -0.136. The smallest absolute Gasteiger partial charge is 0.418 e. The summed E-state index contributed by atoms with van der Waals surface area (Å²) in [4.78, 5) is 0. The first-order valence-electron chi connectivity index (χ1n) is 12.7. The van der Waals surface area contributed by atoms with Gasteiger partial charge in [-0.3, -0.25) is 4.68 Å². The van der Waals surface area contributed by atoms with Crippen LogP contribution in [0.5, 0.6) is 5.75 Å². The lowest BCUT2D eigenvalue weighted by Gasteiger charge is -2.14. The van der Waals surface area contributed by atoms with Crippen molar-refractivity contribution in [1.82, 2.24) is 9.78 Å². The SMILES string of the molecule is Cc1ccc2ccccc2c1COc1cccc(-c2c3cccc(C(F)(F)F)c3nn2Cc2ccccc2)c1. The van der Waals surface area contributed by atoms with Crippen LogP contribution in [0.4, 0.5) is 13.2 Å². The van der Waals surface area contributed by atoms with Gasteiger partial charge in [0, 0.05) is 16.5 Å². The second kappa shape index (κ2) is 9.95. The van der Waals surface area contributed by atoms with Gasteiger partial charge in [-0.25, -0.2) is 0 Å². The molecule has 0 N–H and O–H groups in total. The van der Waals surface area contributed by atoms with E-state index in [9.17, 15) is 13.2 Å². The fraction of sp³-hybridized carbons (Fsp3) is 0.121. The van der Waals surface area contributed by atoms with Crippen molar-refractivity contribution in [3.05, 3.63) is 131 Å². The van der Waals surface area contributed by atoms with E-state index in [-0.39, 0.29) is 5.52 Å². The molecule has 1 aromatic heterocycles. The molecule has 0 saturated carbocycles. The largest absolute Gasteiger partial charge is 0.489 e. The van der Waals surface area contributed by atoms with Crippen molar-refractivity contribution in [1.29, 1.82) is 0 Å². The van der Waals surface area contributed by atoms with Gasteiger partial charge in [0.25, 0.3) is 0 Å². The first-order chi connectivity index (χ1) is 18.9. The fourth-order valence-electron chi connectivity index (χ4n) is 5.08. The highest BCUT2D eigenvalue weighted by Gasteiger charge is 2.34. The molecule has 194 valence electrons. The minimum absolute atomic E-state index is 0.0615. The van der Waals surface area contributed by atoms with E-state index >= 15 is 0 Å². The molecule has 5 aromatic carbocycles. The van der Waals surface area contributed by atoms with Crippen molar-refractivity contribution >= 4 is 21.7 Å². The van der Waals surface area contributed by atoms with Crippen LogP contribution in [0, 0.1) is 6.92 Å². The summed E-state index contributed by atoms with van der Waals surface area (Å²) in [7, 11) is 0. The Labute approximate surface area is 224 Å². The minimum atomic E-state index is -4.51. The third-order valence-corrected chi connectivity index (χ3v) is 7.02. The second-order valence-electron chi connectivity index (χ2n) is 9.59. The number of aryl methyl sites for hydroxylation is 1. The number of fused-ring (bicyclic) bond motifs is 2. The molecule has 6 rings (SSSR count). The molecule has 0 fully saturated rings. The average Bonchev–Trinajstić information content (AvgIpc) is 3.30. The summed E-state index contributed by atoms with van der Waals surface area (Å²) in [6, 6.07) is 33.7. The maximum atomic E-state index is 13.9. The van der Waals surface area contributed by atoms with Crippen molar-refractivity contribution < 1.29 is 17.9 Å². The molecule has 6 heteroatoms. The number of hydrogen-bond donors (Lipinski definition) is 0. The van der Waals surface area contributed by atoms with Crippen LogP contribution in [0.2, 0.25) is 0 Å². The van der Waals surface area contributed by atoms with E-state index in [1.807, 2.05) is 66.7 Å². The lowest BCUT2D eigenvalue weighted by Crippen LogP contribution is -2.06. The van der Waals surface area contributed by atoms with E-state index in [1.165, 1.54) is 6.07 Å². The molecule has 6 aromatic rings. The molecule has 0 aliphatic heterocycles. The zero-order valence-electron chi connectivity index (χ0n) is 21.2. The van der Waals surface area contributed by atoms with Crippen molar-refractivity contribution in [3.63, 3.8) is 0 Å². The van der Waals surface area contributed by atoms with E-state index in [1.54, 1.807) is 10.7 Å². The van der Waals surface area contributed by atoms with Crippen LogP contribution >= 0.6 is 0 Å². The van der Waals surface area contributed by atoms with E-state index in [0.717, 1.165) is 39.1 Å². The fourth-order valence-corrected chi connectivity index (χ4v) is 5.08. The Morgan fingerprint density at radius 1 is 0.769 bits per heavy atom. The first-order valence-corrected chi connectivity index (χ1v) is 12.7. The Balaban J connectivity index is 1.42. The van der Waals surface area contributed by atoms with Crippen molar-refractivity contribution in [3.8, 4) is 17.0 Å². The van der Waals surface area contributed by atoms with Crippen LogP contribution < -0.4 is 4.74 Å². The van der Waals surface area contributed by atoms with Crippen LogP contribution in [0.1, 0.15) is 22.3 Å². The van der Waals surface area contributed by atoms with Gasteiger partial charge in [0.05, 0.1) is 17.8 Å². The average molecular weight is 523 g/mol. The van der Waals surface area contributed by atoms with Crippen LogP contribution in [-0.2, 0) is 19.3 Å². The highest BCUT2D eigenvalue weighted by molar-refractivity contribution is 5.95. The van der Waals surface area contributed by atoms with Gasteiger partial charge in [0.15, 0.2) is 0 Å². The van der Waals surface area contributed by atoms with E-state index in [4.69, 9.17) is 4.74 Å². The molecule has 0 aliphatic carbocycles. The van der Waals surface area contributed by atoms with Gasteiger partial charge in [-0.15, -0.1) is 0 Å². The molecule has 1 heterocycles. The Morgan fingerprint density at radius 3 is 2.33 bits per heavy atom. The van der Waals surface area contributed by atoms with Gasteiger partial charge in [-0.2, -0.15) is 18.3 Å². The topological polar surface area (TPSA) is 27.1 Å². The van der Waals surface area contributed by atoms with Crippen LogP contribution in [0.15, 0.2) is 109 Å². The Morgan fingerprint density at radius 2 is 1.51 bits per heavy atom. The number of benzene rings is 5. The highest BCUT2D eigenvalue weighted by atomic mass is 19.4. The zero-order chi connectivity index (χ0) is 27.0. The molecule has 0 unspecified atom stereocenters. The standard InChI is InChI=1S/C33H25F3N2O/c1-22-17-18-24-11-5-6-14-27(24)29(22)21-39-26-13-7-12-25(19-26)32-28-15-8-16-30(33(34,35)36)31(28)37-38(32)20-23-9-3-2-4-10-23/h2-19H,20-21H2,1H3. The van der Waals surface area contributed by atoms with Gasteiger partial charge in [0.2, 0.25) is 0 Å². The lowest BCUT2D eigenvalue weighted by atomic mass is 10.0. The van der Waals surface area contributed by atoms with Crippen LogP contribution in [0.25, 0.3) is 32.9 Å². The normalized spacial score (nSPS) is 11.8. The molecular weight excluding hydrogens is 497 g/mol. The highest BCUT2D eigenvalue weighted by Crippen LogP contribution is 2.39. The maximum absolute atomic E-state index is 13.9. The Hall–Kier alpha value is -4.58. The molecule has 39 heavy (non-hydrogen) atoms. The number of halogens is 3. The predicted molar refractivity (Wildman–Crippen MR) is 149 cm³/mol. The molecule has 0 bridgehead atoms. The van der Waals surface area contributed by atoms with Gasteiger partial charge in [-0.05, 0) is 47.0 Å². The second-order valence-corrected chi connectivity index (χ2v) is 9.59. The minimum Gasteiger partial charge on any atom is -0.489 e. The van der Waals surface area contributed by atoms with Gasteiger partial charge in [-0.1, -0.05) is 91.0 Å². The first kappa shape index (κ1) is 24.7. The van der Waals surface area contributed by atoms with Gasteiger partial charge >= 0.3 is 6.18 Å². The van der Waals surface area contributed by atoms with E-state index in [2.05, 4.69) is 36.3 Å². The summed E-state index contributed by atoms with van der Waals surface area (Å²) in [5.74, 6) is 0.632. The van der Waals surface area contributed by atoms with Crippen molar-refractivity contribution in [2.24, 2.45) is 0 Å². The molecular formula is C33H25F3N2O. The number of alkyl halides is 3. The quantitative estimate of drug-likeness (QED) is 0.219. The molecule has 0 amide bonds. The number of aromatic nitrogens is 2. The predicted octanol–water partition coefficient (Wildman–Crippen LogP) is 8.81. The van der Waals surface area contributed by atoms with E-state index in [0.29, 0.717) is 30.0 Å². The Bertz CT molecular complexity index is 1790. The molecule has 0 atom stereocenters. The molecule has 0 spiro atoms. The number of hydrogen-bond acceptors (Lipinski definition) is 2. The van der Waals surface area contributed by atoms with Gasteiger partial charge in [0.1, 0.15) is 17.9 Å². The summed E-state index contributed by atoms with van der Waals surface area (Å²) in [5.41, 5.74) is 3.73. The van der Waals surface area contributed by atoms with E-state index < -0.39 is 11.7 Å². The maximum Gasteiger partial charge on any atom is 0.418 e. The summed E-state index contributed by atoms with van der Waals surface area (Å²) in [6.07, 6.45) is -4.51. The van der Waals surface area contributed by atoms with Crippen molar-refractivity contribution in [2.45, 2.75) is 26.3 Å². The molecule has 0 aliphatic rings. The summed E-state index contributed by atoms with van der Waals surface area (Å²) < 4.78 is 49.6. The molecule has 3 nitrogen and oxygen atoms in total. The summed E-state index contributed by atoms with van der Waals surface area (Å²) in [5, 5.41) is 7.21. The monoisotopic (exact) mass is 522 g/mol. The van der Waals surface area contributed by atoms with Crippen LogP contribution in [0.3, 0.4) is 0 Å². The summed E-state index contributed by atoms with van der Waals surface area (Å²) in [6.45, 7) is 2.77. The van der Waals surface area contributed by atoms with Gasteiger partial charge < -0.3 is 4.74 Å².